The molecule has 1 spiro atoms. The minimum absolute atomic E-state index is 0.149. The zero-order chi connectivity index (χ0) is 22.8. The van der Waals surface area contributed by atoms with E-state index in [1.54, 1.807) is 42.5 Å². The van der Waals surface area contributed by atoms with Gasteiger partial charge < -0.3 is 10.4 Å². The third-order valence-electron chi connectivity index (χ3n) is 7.13. The number of nitrogens with one attached hydrogen (secondary N) is 2. The van der Waals surface area contributed by atoms with E-state index in [1.165, 1.54) is 4.90 Å². The van der Waals surface area contributed by atoms with E-state index in [1.807, 2.05) is 13.8 Å². The number of fused-ring (bicyclic) bond motifs is 4. The lowest BCUT2D eigenvalue weighted by Gasteiger charge is -2.31. The van der Waals surface area contributed by atoms with Gasteiger partial charge in [-0.15, -0.1) is 0 Å². The Bertz CT molecular complexity index is 1130. The molecule has 2 saturated heterocycles. The number of hydrogen-bond acceptors (Lipinski definition) is 5. The molecule has 32 heavy (non-hydrogen) atoms. The van der Waals surface area contributed by atoms with E-state index < -0.39 is 23.4 Å². The van der Waals surface area contributed by atoms with Crippen LogP contribution in [0.25, 0.3) is 0 Å². The number of imide groups is 1. The normalized spacial score (nSPS) is 29.4. The van der Waals surface area contributed by atoms with Gasteiger partial charge in [0, 0.05) is 28.4 Å². The van der Waals surface area contributed by atoms with Gasteiger partial charge in [-0.3, -0.25) is 24.6 Å². The van der Waals surface area contributed by atoms with E-state index in [4.69, 9.17) is 11.6 Å². The van der Waals surface area contributed by atoms with E-state index >= 15 is 0 Å². The van der Waals surface area contributed by atoms with E-state index in [9.17, 15) is 19.5 Å². The summed E-state index contributed by atoms with van der Waals surface area (Å²) in [5.74, 6) is -2.29. The van der Waals surface area contributed by atoms with E-state index in [0.29, 0.717) is 29.1 Å². The molecule has 0 radical (unpaired) electrons. The zero-order valence-corrected chi connectivity index (χ0v) is 18.5. The van der Waals surface area contributed by atoms with Crippen LogP contribution < -0.4 is 10.6 Å². The predicted octanol–water partition coefficient (Wildman–Crippen LogP) is 2.81. The van der Waals surface area contributed by atoms with Crippen LogP contribution in [-0.4, -0.2) is 39.8 Å². The van der Waals surface area contributed by atoms with Crippen LogP contribution in [0.3, 0.4) is 0 Å². The van der Waals surface area contributed by atoms with Crippen LogP contribution in [0.2, 0.25) is 5.02 Å². The Labute approximate surface area is 190 Å². The van der Waals surface area contributed by atoms with Crippen LogP contribution in [0.15, 0.2) is 42.5 Å². The summed E-state index contributed by atoms with van der Waals surface area (Å²) in [6, 6.07) is 11.2. The number of carbonyl (C=O) groups is 3. The number of carbonyl (C=O) groups excluding carboxylic acids is 3. The summed E-state index contributed by atoms with van der Waals surface area (Å²) < 4.78 is 0. The maximum atomic E-state index is 13.7. The molecule has 0 saturated carbocycles. The molecule has 0 bridgehead atoms. The molecule has 2 fully saturated rings. The van der Waals surface area contributed by atoms with Crippen LogP contribution in [-0.2, 0) is 26.3 Å². The highest BCUT2D eigenvalue weighted by Gasteiger charge is 2.70. The Morgan fingerprint density at radius 3 is 2.53 bits per heavy atom. The van der Waals surface area contributed by atoms with Crippen LogP contribution in [0.5, 0.6) is 5.75 Å². The van der Waals surface area contributed by atoms with Crippen molar-refractivity contribution in [3.8, 4) is 5.75 Å². The molecule has 8 heteroatoms. The smallest absolute Gasteiger partial charge is 0.250 e. The summed E-state index contributed by atoms with van der Waals surface area (Å²) in [5.41, 5.74) is 0.730. The third kappa shape index (κ3) is 2.81. The SMILES string of the molecule is CC[C@H](C)N1C(=O)[C@@H]2[C@H](Cc3ccc(O)cc3)N[C@]3(C(=O)Nc4ccc(Cl)cc43)[C@@H]2C1=O. The molecular weight excluding hydrogens is 430 g/mol. The number of halogens is 1. The Morgan fingerprint density at radius 2 is 1.84 bits per heavy atom. The lowest BCUT2D eigenvalue weighted by atomic mass is 9.76. The van der Waals surface area contributed by atoms with Crippen molar-refractivity contribution in [1.82, 2.24) is 10.2 Å². The molecule has 3 N–H and O–H groups in total. The Hall–Kier alpha value is -2.90. The number of aromatic hydroxyl groups is 1. The van der Waals surface area contributed by atoms with Crippen molar-refractivity contribution in [1.29, 1.82) is 0 Å². The average Bonchev–Trinajstić information content (AvgIpc) is 3.34. The van der Waals surface area contributed by atoms with Crippen molar-refractivity contribution in [2.45, 2.75) is 44.3 Å². The minimum Gasteiger partial charge on any atom is -0.508 e. The fraction of sp³-hybridized carbons (Fsp3) is 0.375. The van der Waals surface area contributed by atoms with Crippen LogP contribution in [0, 0.1) is 11.8 Å². The van der Waals surface area contributed by atoms with Crippen molar-refractivity contribution >= 4 is 35.0 Å². The van der Waals surface area contributed by atoms with Gasteiger partial charge in [-0.25, -0.2) is 0 Å². The summed E-state index contributed by atoms with van der Waals surface area (Å²) in [4.78, 5) is 42.0. The van der Waals surface area contributed by atoms with Crippen molar-refractivity contribution in [2.24, 2.45) is 11.8 Å². The average molecular weight is 454 g/mol. The van der Waals surface area contributed by atoms with E-state index in [0.717, 1.165) is 5.56 Å². The molecule has 0 aliphatic carbocycles. The summed E-state index contributed by atoms with van der Waals surface area (Å²) in [7, 11) is 0. The van der Waals surface area contributed by atoms with Crippen molar-refractivity contribution in [3.63, 3.8) is 0 Å². The molecule has 3 aliphatic heterocycles. The largest absolute Gasteiger partial charge is 0.508 e. The van der Waals surface area contributed by atoms with Gasteiger partial charge in [0.05, 0.1) is 11.8 Å². The molecule has 0 aromatic heterocycles. The highest BCUT2D eigenvalue weighted by atomic mass is 35.5. The van der Waals surface area contributed by atoms with Gasteiger partial charge >= 0.3 is 0 Å². The van der Waals surface area contributed by atoms with Gasteiger partial charge in [-0.05, 0) is 55.7 Å². The molecule has 2 aromatic rings. The lowest BCUT2D eigenvalue weighted by Crippen LogP contribution is -2.54. The summed E-state index contributed by atoms with van der Waals surface area (Å²) >= 11 is 6.27. The van der Waals surface area contributed by atoms with Gasteiger partial charge in [0.2, 0.25) is 17.7 Å². The van der Waals surface area contributed by atoms with Crippen molar-refractivity contribution < 1.29 is 19.5 Å². The fourth-order valence-electron chi connectivity index (χ4n) is 5.47. The highest BCUT2D eigenvalue weighted by molar-refractivity contribution is 6.31. The number of amides is 3. The number of benzene rings is 2. The highest BCUT2D eigenvalue weighted by Crippen LogP contribution is 2.54. The Kier molecular flexibility index (Phi) is 4.80. The standard InChI is InChI=1S/C24H24ClN3O4/c1-3-12(2)28-21(30)19-18(10-13-4-7-15(29)8-5-13)27-24(20(19)22(28)31)16-11-14(25)6-9-17(16)26-23(24)32/h4-9,11-12,18-20,27,29H,3,10H2,1-2H3,(H,26,32)/t12-,18-,19+,20-,24-/m0/s1. The second-order valence-electron chi connectivity index (χ2n) is 8.88. The Balaban J connectivity index is 1.64. The fourth-order valence-corrected chi connectivity index (χ4v) is 5.65. The Morgan fingerprint density at radius 1 is 1.12 bits per heavy atom. The van der Waals surface area contributed by atoms with Crippen LogP contribution >= 0.6 is 11.6 Å². The molecular formula is C24H24ClN3O4. The maximum Gasteiger partial charge on any atom is 0.250 e. The van der Waals surface area contributed by atoms with Gasteiger partial charge in [0.25, 0.3) is 0 Å². The number of likely N-dealkylation sites (tertiary alicyclic amines) is 1. The van der Waals surface area contributed by atoms with E-state index in [-0.39, 0.29) is 29.5 Å². The molecule has 7 nitrogen and oxygen atoms in total. The summed E-state index contributed by atoms with van der Waals surface area (Å²) in [6.07, 6.45) is 1.06. The van der Waals surface area contributed by atoms with E-state index in [2.05, 4.69) is 10.6 Å². The molecule has 0 unspecified atom stereocenters. The number of anilines is 1. The molecule has 3 heterocycles. The van der Waals surface area contributed by atoms with Gasteiger partial charge in [-0.1, -0.05) is 30.7 Å². The molecule has 3 aliphatic rings. The van der Waals surface area contributed by atoms with Crippen molar-refractivity contribution in [2.75, 3.05) is 5.32 Å². The third-order valence-corrected chi connectivity index (χ3v) is 7.37. The topological polar surface area (TPSA) is 98.7 Å². The molecule has 3 amide bonds. The minimum atomic E-state index is -1.36. The summed E-state index contributed by atoms with van der Waals surface area (Å²) in [5, 5.41) is 16.4. The van der Waals surface area contributed by atoms with Crippen molar-refractivity contribution in [3.05, 3.63) is 58.6 Å². The van der Waals surface area contributed by atoms with Gasteiger partial charge in [-0.2, -0.15) is 0 Å². The quantitative estimate of drug-likeness (QED) is 0.618. The maximum absolute atomic E-state index is 13.7. The first kappa shape index (κ1) is 21.0. The zero-order valence-electron chi connectivity index (χ0n) is 17.8. The monoisotopic (exact) mass is 453 g/mol. The van der Waals surface area contributed by atoms with Crippen LogP contribution in [0.1, 0.15) is 31.4 Å². The molecule has 2 aromatic carbocycles. The van der Waals surface area contributed by atoms with Gasteiger partial charge in [0.1, 0.15) is 11.3 Å². The predicted molar refractivity (Wildman–Crippen MR) is 119 cm³/mol. The number of phenolic OH excluding ortho intramolecular Hbond substituents is 1. The van der Waals surface area contributed by atoms with Crippen LogP contribution in [0.4, 0.5) is 5.69 Å². The number of rotatable bonds is 4. The number of hydrogen-bond donors (Lipinski definition) is 3. The first-order valence-corrected chi connectivity index (χ1v) is 11.2. The second-order valence-corrected chi connectivity index (χ2v) is 9.32. The lowest BCUT2D eigenvalue weighted by molar-refractivity contribution is -0.145. The molecule has 5 atom stereocenters. The first-order valence-electron chi connectivity index (χ1n) is 10.8. The number of phenols is 1. The molecule has 5 rings (SSSR count). The second kappa shape index (κ2) is 7.32. The number of nitrogens with zero attached hydrogens (tertiary/aromatic N) is 1. The first-order chi connectivity index (χ1) is 15.3. The van der Waals surface area contributed by atoms with Gasteiger partial charge in [0.15, 0.2) is 0 Å². The summed E-state index contributed by atoms with van der Waals surface area (Å²) in [6.45, 7) is 3.78. The molecule has 166 valence electrons.